The van der Waals surface area contributed by atoms with Crippen molar-refractivity contribution in [2.45, 2.75) is 64.5 Å². The molecule has 2 saturated heterocycles. The normalized spacial score (nSPS) is 23.0. The molecule has 2 heterocycles. The highest BCUT2D eigenvalue weighted by Gasteiger charge is 2.37. The van der Waals surface area contributed by atoms with E-state index in [2.05, 4.69) is 20.4 Å². The van der Waals surface area contributed by atoms with Gasteiger partial charge in [-0.1, -0.05) is 12.8 Å². The summed E-state index contributed by atoms with van der Waals surface area (Å²) in [5, 5.41) is 6.28. The van der Waals surface area contributed by atoms with Gasteiger partial charge >= 0.3 is 6.03 Å². The molecule has 3 amide bonds. The van der Waals surface area contributed by atoms with Crippen molar-refractivity contribution in [3.8, 4) is 0 Å². The predicted octanol–water partition coefficient (Wildman–Crippen LogP) is 1.51. The van der Waals surface area contributed by atoms with Gasteiger partial charge in [0.1, 0.15) is 0 Å². The molecule has 0 bridgehead atoms. The fourth-order valence-corrected chi connectivity index (χ4v) is 5.00. The van der Waals surface area contributed by atoms with Crippen LogP contribution in [0.4, 0.5) is 4.79 Å². The first-order chi connectivity index (χ1) is 14.8. The van der Waals surface area contributed by atoms with Gasteiger partial charge in [0, 0.05) is 51.4 Å². The lowest BCUT2D eigenvalue weighted by molar-refractivity contribution is -0.129. The molecule has 3 rings (SSSR count). The molecule has 0 aromatic rings. The molecule has 3 aliphatic rings. The maximum absolute atomic E-state index is 13.2. The van der Waals surface area contributed by atoms with Crippen LogP contribution < -0.4 is 10.6 Å². The van der Waals surface area contributed by atoms with E-state index in [4.69, 9.17) is 4.74 Å². The van der Waals surface area contributed by atoms with Gasteiger partial charge < -0.3 is 20.3 Å². The summed E-state index contributed by atoms with van der Waals surface area (Å²) >= 11 is 0. The minimum Gasteiger partial charge on any atom is -0.379 e. The van der Waals surface area contributed by atoms with Gasteiger partial charge in [0.25, 0.3) is 0 Å². The Hall–Kier alpha value is -1.38. The molecule has 2 aliphatic heterocycles. The zero-order chi connectivity index (χ0) is 22.3. The second-order valence-corrected chi connectivity index (χ2v) is 10.3. The molecule has 1 aliphatic carbocycles. The molecule has 31 heavy (non-hydrogen) atoms. The van der Waals surface area contributed by atoms with Crippen molar-refractivity contribution in [2.75, 3.05) is 65.6 Å². The van der Waals surface area contributed by atoms with Crippen LogP contribution >= 0.6 is 0 Å². The lowest BCUT2D eigenvalue weighted by Gasteiger charge is -2.41. The van der Waals surface area contributed by atoms with E-state index in [9.17, 15) is 9.59 Å². The number of piperazine rings is 1. The Bertz CT molecular complexity index is 574. The van der Waals surface area contributed by atoms with Gasteiger partial charge in [0.15, 0.2) is 0 Å². The van der Waals surface area contributed by atoms with Crippen molar-refractivity contribution < 1.29 is 14.3 Å². The number of rotatable bonds is 7. The Labute approximate surface area is 188 Å². The van der Waals surface area contributed by atoms with Crippen molar-refractivity contribution in [3.63, 3.8) is 0 Å². The van der Waals surface area contributed by atoms with Gasteiger partial charge in [-0.3, -0.25) is 14.6 Å². The van der Waals surface area contributed by atoms with E-state index in [1.807, 2.05) is 25.7 Å². The molecule has 178 valence electrons. The van der Waals surface area contributed by atoms with E-state index < -0.39 is 0 Å². The van der Waals surface area contributed by atoms with Gasteiger partial charge in [-0.15, -0.1) is 0 Å². The lowest BCUT2D eigenvalue weighted by Crippen LogP contribution is -2.60. The summed E-state index contributed by atoms with van der Waals surface area (Å²) in [6.07, 6.45) is 5.69. The van der Waals surface area contributed by atoms with Gasteiger partial charge in [-0.05, 0) is 52.5 Å². The van der Waals surface area contributed by atoms with Crippen molar-refractivity contribution in [1.82, 2.24) is 25.3 Å². The molecular formula is C23H43N5O3. The Balaban J connectivity index is 1.47. The fourth-order valence-electron chi connectivity index (χ4n) is 5.00. The van der Waals surface area contributed by atoms with Crippen LogP contribution in [-0.2, 0) is 9.53 Å². The Morgan fingerprint density at radius 1 is 1.00 bits per heavy atom. The molecule has 1 unspecified atom stereocenters. The van der Waals surface area contributed by atoms with Crippen molar-refractivity contribution in [1.29, 1.82) is 0 Å². The molecule has 2 N–H and O–H groups in total. The van der Waals surface area contributed by atoms with Crippen LogP contribution in [0.1, 0.15) is 52.9 Å². The fraction of sp³-hybridized carbons (Fsp3) is 0.913. The first kappa shape index (κ1) is 24.3. The van der Waals surface area contributed by atoms with Gasteiger partial charge in [0.05, 0.1) is 19.3 Å². The topological polar surface area (TPSA) is 77.2 Å². The number of urea groups is 1. The maximum atomic E-state index is 13.2. The summed E-state index contributed by atoms with van der Waals surface area (Å²) in [5.74, 6) is 0.621. The summed E-state index contributed by atoms with van der Waals surface area (Å²) in [4.78, 5) is 32.3. The third-order valence-corrected chi connectivity index (χ3v) is 6.65. The highest BCUT2D eigenvalue weighted by molar-refractivity contribution is 5.82. The monoisotopic (exact) mass is 437 g/mol. The van der Waals surface area contributed by atoms with Crippen molar-refractivity contribution in [2.24, 2.45) is 5.92 Å². The van der Waals surface area contributed by atoms with Crippen LogP contribution in [0.25, 0.3) is 0 Å². The van der Waals surface area contributed by atoms with Gasteiger partial charge in [-0.2, -0.15) is 0 Å². The molecule has 8 nitrogen and oxygen atoms in total. The quantitative estimate of drug-likeness (QED) is 0.591. The molecule has 0 aromatic carbocycles. The van der Waals surface area contributed by atoms with E-state index in [0.717, 1.165) is 71.7 Å². The lowest BCUT2D eigenvalue weighted by atomic mass is 9.95. The van der Waals surface area contributed by atoms with Crippen LogP contribution in [-0.4, -0.2) is 104 Å². The van der Waals surface area contributed by atoms with E-state index in [-0.39, 0.29) is 23.5 Å². The highest BCUT2D eigenvalue weighted by atomic mass is 16.5. The SMILES string of the molecule is CC(C)(C)NC(=O)N1CCN(C(C(=O)NCCCN2CCOCC2)C2CCCC2)CC1. The molecule has 8 heteroatoms. The minimum atomic E-state index is -0.234. The first-order valence-corrected chi connectivity index (χ1v) is 12.2. The summed E-state index contributed by atoms with van der Waals surface area (Å²) in [5.41, 5.74) is -0.234. The number of hydrogen-bond donors (Lipinski definition) is 2. The Morgan fingerprint density at radius 2 is 1.65 bits per heavy atom. The van der Waals surface area contributed by atoms with E-state index in [1.165, 1.54) is 12.8 Å². The van der Waals surface area contributed by atoms with Crippen LogP contribution in [0.2, 0.25) is 0 Å². The number of nitrogens with zero attached hydrogens (tertiary/aromatic N) is 3. The predicted molar refractivity (Wildman–Crippen MR) is 122 cm³/mol. The Kier molecular flexibility index (Phi) is 8.98. The smallest absolute Gasteiger partial charge is 0.317 e. The van der Waals surface area contributed by atoms with Crippen LogP contribution in [0, 0.1) is 5.92 Å². The molecule has 0 radical (unpaired) electrons. The van der Waals surface area contributed by atoms with E-state index in [0.29, 0.717) is 19.0 Å². The Morgan fingerprint density at radius 3 is 2.26 bits per heavy atom. The average molecular weight is 438 g/mol. The number of hydrogen-bond acceptors (Lipinski definition) is 5. The molecule has 0 aromatic heterocycles. The number of nitrogens with one attached hydrogen (secondary N) is 2. The zero-order valence-corrected chi connectivity index (χ0v) is 19.8. The third-order valence-electron chi connectivity index (χ3n) is 6.65. The average Bonchev–Trinajstić information content (AvgIpc) is 3.26. The van der Waals surface area contributed by atoms with Crippen LogP contribution in [0.15, 0.2) is 0 Å². The molecule has 3 fully saturated rings. The number of ether oxygens (including phenoxy) is 1. The molecule has 1 saturated carbocycles. The van der Waals surface area contributed by atoms with Crippen LogP contribution in [0.5, 0.6) is 0 Å². The van der Waals surface area contributed by atoms with Crippen molar-refractivity contribution in [3.05, 3.63) is 0 Å². The summed E-state index contributed by atoms with van der Waals surface area (Å²) in [6.45, 7) is 14.2. The summed E-state index contributed by atoms with van der Waals surface area (Å²) in [7, 11) is 0. The van der Waals surface area contributed by atoms with Crippen molar-refractivity contribution >= 4 is 11.9 Å². The molecule has 0 spiro atoms. The molecule has 1 atom stereocenters. The van der Waals surface area contributed by atoms with E-state index >= 15 is 0 Å². The van der Waals surface area contributed by atoms with E-state index in [1.54, 1.807) is 0 Å². The van der Waals surface area contributed by atoms with Gasteiger partial charge in [0.2, 0.25) is 5.91 Å². The first-order valence-electron chi connectivity index (χ1n) is 12.2. The second-order valence-electron chi connectivity index (χ2n) is 10.3. The number of carbonyl (C=O) groups is 2. The van der Waals surface area contributed by atoms with Crippen LogP contribution in [0.3, 0.4) is 0 Å². The second kappa shape index (κ2) is 11.5. The number of carbonyl (C=O) groups excluding carboxylic acids is 2. The summed E-state index contributed by atoms with van der Waals surface area (Å²) < 4.78 is 5.40. The maximum Gasteiger partial charge on any atom is 0.317 e. The number of amides is 3. The molecular weight excluding hydrogens is 394 g/mol. The zero-order valence-electron chi connectivity index (χ0n) is 19.8. The van der Waals surface area contributed by atoms with Gasteiger partial charge in [-0.25, -0.2) is 4.79 Å². The largest absolute Gasteiger partial charge is 0.379 e. The third kappa shape index (κ3) is 7.61. The standard InChI is InChI=1S/C23H43N5O3/c1-23(2,3)25-22(30)28-13-11-27(12-14-28)20(19-7-4-5-8-19)21(29)24-9-6-10-26-15-17-31-18-16-26/h19-20H,4-18H2,1-3H3,(H,24,29)(H,25,30). The minimum absolute atomic E-state index is 0.00266. The summed E-state index contributed by atoms with van der Waals surface area (Å²) in [6, 6.07) is -0.0594. The highest BCUT2D eigenvalue weighted by Crippen LogP contribution is 2.31. The number of morpholine rings is 1.